The number of rotatable bonds is 10. The second-order valence-corrected chi connectivity index (χ2v) is 9.71. The average Bonchev–Trinajstić information content (AvgIpc) is 3.39. The second kappa shape index (κ2) is 9.48. The summed E-state index contributed by atoms with van der Waals surface area (Å²) in [6.45, 7) is 1.89. The summed E-state index contributed by atoms with van der Waals surface area (Å²) in [6, 6.07) is -2.82. The van der Waals surface area contributed by atoms with Gasteiger partial charge < -0.3 is 26.7 Å². The molecular weight excluding hydrogens is 512 g/mol. The van der Waals surface area contributed by atoms with Crippen LogP contribution in [0, 0.1) is 0 Å². The first-order chi connectivity index (χ1) is 16.3. The van der Waals surface area contributed by atoms with Crippen LogP contribution in [0.1, 0.15) is 25.4 Å². The Morgan fingerprint density at radius 1 is 1.40 bits per heavy atom. The molecule has 2 amide bonds. The number of hydrogen-bond acceptors (Lipinski definition) is 14. The summed E-state index contributed by atoms with van der Waals surface area (Å²) in [5.74, 6) is -3.45. The van der Waals surface area contributed by atoms with Gasteiger partial charge in [-0.25, -0.2) is 18.8 Å². The lowest BCUT2D eigenvalue weighted by molar-refractivity contribution is -0.161. The number of hydrogen-bond donors (Lipinski definition) is 5. The van der Waals surface area contributed by atoms with E-state index in [4.69, 9.17) is 16.3 Å². The van der Waals surface area contributed by atoms with Crippen LogP contribution in [0.25, 0.3) is 0 Å². The number of nitrogen functional groups attached to an aromatic ring is 1. The number of aliphatic carboxylic acids is 1. The second-order valence-electron chi connectivity index (χ2n) is 7.53. The quantitative estimate of drug-likeness (QED) is 0.0880. The Morgan fingerprint density at radius 2 is 2.09 bits per heavy atom. The van der Waals surface area contributed by atoms with Crippen molar-refractivity contribution in [2.75, 3.05) is 5.73 Å². The van der Waals surface area contributed by atoms with Gasteiger partial charge in [0.05, 0.1) is 19.1 Å². The van der Waals surface area contributed by atoms with Crippen LogP contribution >= 0.6 is 11.3 Å². The predicted octanol–water partition coefficient (Wildman–Crippen LogP) is -3.05. The molecular formula is C15H20N10O8S2. The lowest BCUT2D eigenvalue weighted by Gasteiger charge is -2.43. The highest BCUT2D eigenvalue weighted by atomic mass is 32.2. The summed E-state index contributed by atoms with van der Waals surface area (Å²) in [7, 11) is -4.99. The molecule has 18 nitrogen and oxygen atoms in total. The van der Waals surface area contributed by atoms with Gasteiger partial charge in [0.2, 0.25) is 5.60 Å². The van der Waals surface area contributed by atoms with Crippen LogP contribution in [0.15, 0.2) is 10.5 Å². The first-order valence-electron chi connectivity index (χ1n) is 9.54. The Morgan fingerprint density at radius 3 is 2.63 bits per heavy atom. The van der Waals surface area contributed by atoms with Gasteiger partial charge in [0, 0.05) is 5.38 Å². The number of anilines is 1. The van der Waals surface area contributed by atoms with E-state index < -0.39 is 51.5 Å². The van der Waals surface area contributed by atoms with Gasteiger partial charge in [-0.2, -0.15) is 8.42 Å². The highest BCUT2D eigenvalue weighted by molar-refractivity contribution is 7.84. The molecule has 1 aliphatic rings. The van der Waals surface area contributed by atoms with Crippen molar-refractivity contribution in [1.82, 2.24) is 34.8 Å². The van der Waals surface area contributed by atoms with E-state index in [1.54, 1.807) is 0 Å². The lowest BCUT2D eigenvalue weighted by atomic mass is 9.98. The molecule has 2 aromatic heterocycles. The fraction of sp³-hybridized carbons (Fsp3) is 0.467. The summed E-state index contributed by atoms with van der Waals surface area (Å²) in [5, 5.41) is 27.2. The number of carboxylic acid groups (broad SMARTS) is 1. The van der Waals surface area contributed by atoms with E-state index in [1.807, 2.05) is 0 Å². The molecule has 2 aromatic rings. The van der Waals surface area contributed by atoms with Crippen molar-refractivity contribution < 1.29 is 37.3 Å². The maximum atomic E-state index is 13.0. The highest BCUT2D eigenvalue weighted by Crippen LogP contribution is 2.25. The number of carboxylic acids is 1. The number of amides is 2. The lowest BCUT2D eigenvalue weighted by Crippen LogP contribution is -2.73. The topological polar surface area (TPSA) is 271 Å². The van der Waals surface area contributed by atoms with Gasteiger partial charge in [0.25, 0.3) is 11.8 Å². The number of thiazole rings is 1. The largest absolute Gasteiger partial charge is 0.478 e. The standard InChI is InChI=1S/C15H20N10O8S2/c1-15(2,13(28)29)33-21-9(6-5-34-14(17)18-6)11(26)19-10-7(25(12(10)27)35(30,31)32)4-24-8(3-16)20-22-23-24/h5,7,10H,3-4,16H2,1-2H3,(H2,17,18)(H,19,26)(H,28,29)(H,30,31,32)/t7-,10+/m1/s1. The molecule has 7 N–H and O–H groups in total. The predicted molar refractivity (Wildman–Crippen MR) is 116 cm³/mol. The van der Waals surface area contributed by atoms with E-state index in [-0.39, 0.29) is 34.0 Å². The molecule has 190 valence electrons. The molecule has 20 heteroatoms. The summed E-state index contributed by atoms with van der Waals surface area (Å²) in [4.78, 5) is 45.7. The van der Waals surface area contributed by atoms with E-state index in [1.165, 1.54) is 19.2 Å². The molecule has 0 bridgehead atoms. The Hall–Kier alpha value is -3.75. The van der Waals surface area contributed by atoms with E-state index in [2.05, 4.69) is 31.0 Å². The molecule has 0 aliphatic carbocycles. The van der Waals surface area contributed by atoms with Crippen molar-refractivity contribution in [3.63, 3.8) is 0 Å². The third kappa shape index (κ3) is 5.34. The molecule has 2 atom stereocenters. The number of nitrogens with one attached hydrogen (secondary N) is 1. The minimum atomic E-state index is -4.99. The fourth-order valence-electron chi connectivity index (χ4n) is 2.84. The summed E-state index contributed by atoms with van der Waals surface area (Å²) < 4.78 is 34.2. The first-order valence-corrected chi connectivity index (χ1v) is 11.8. The number of carbonyl (C=O) groups excluding carboxylic acids is 2. The number of carbonyl (C=O) groups is 3. The molecule has 0 radical (unpaired) electrons. The fourth-order valence-corrected chi connectivity index (χ4v) is 4.26. The Labute approximate surface area is 200 Å². The molecule has 0 unspecified atom stereocenters. The number of nitrogens with two attached hydrogens (primary N) is 2. The molecule has 0 spiro atoms. The van der Waals surface area contributed by atoms with E-state index >= 15 is 0 Å². The van der Waals surface area contributed by atoms with Crippen molar-refractivity contribution in [3.8, 4) is 0 Å². The summed E-state index contributed by atoms with van der Waals surface area (Å²) in [6.07, 6.45) is 0. The Bertz CT molecular complexity index is 1290. The van der Waals surface area contributed by atoms with Crippen LogP contribution in [0.4, 0.5) is 5.13 Å². The zero-order valence-electron chi connectivity index (χ0n) is 18.1. The van der Waals surface area contributed by atoms with Crippen LogP contribution in [-0.4, -0.2) is 88.8 Å². The summed E-state index contributed by atoms with van der Waals surface area (Å²) >= 11 is 0.949. The van der Waals surface area contributed by atoms with Crippen molar-refractivity contribution in [3.05, 3.63) is 16.9 Å². The van der Waals surface area contributed by atoms with E-state index in [0.717, 1.165) is 16.0 Å². The number of nitrogens with zero attached hydrogens (tertiary/aromatic N) is 7. The maximum Gasteiger partial charge on any atom is 0.362 e. The van der Waals surface area contributed by atoms with E-state index in [0.29, 0.717) is 0 Å². The third-order valence-electron chi connectivity index (χ3n) is 4.71. The van der Waals surface area contributed by atoms with Gasteiger partial charge in [-0.15, -0.1) is 16.4 Å². The monoisotopic (exact) mass is 532 g/mol. The molecule has 1 fully saturated rings. The molecule has 0 saturated carbocycles. The van der Waals surface area contributed by atoms with E-state index in [9.17, 15) is 32.5 Å². The van der Waals surface area contributed by atoms with Crippen LogP contribution in [0.2, 0.25) is 0 Å². The molecule has 1 saturated heterocycles. The number of oxime groups is 1. The smallest absolute Gasteiger partial charge is 0.362 e. The Balaban J connectivity index is 1.90. The highest BCUT2D eigenvalue weighted by Gasteiger charge is 2.54. The van der Waals surface area contributed by atoms with Crippen LogP contribution in [-0.2, 0) is 42.6 Å². The molecule has 3 heterocycles. The van der Waals surface area contributed by atoms with Gasteiger partial charge in [-0.05, 0) is 24.3 Å². The number of tetrazole rings is 1. The van der Waals surface area contributed by atoms with Gasteiger partial charge in [0.1, 0.15) is 11.7 Å². The number of aromatic nitrogens is 5. The van der Waals surface area contributed by atoms with Gasteiger partial charge >= 0.3 is 16.3 Å². The third-order valence-corrected chi connectivity index (χ3v) is 6.33. The van der Waals surface area contributed by atoms with Gasteiger partial charge in [-0.3, -0.25) is 14.1 Å². The first kappa shape index (κ1) is 25.9. The molecule has 3 rings (SSSR count). The zero-order valence-corrected chi connectivity index (χ0v) is 19.7. The molecule has 35 heavy (non-hydrogen) atoms. The zero-order chi connectivity index (χ0) is 26.1. The molecule has 1 aliphatic heterocycles. The minimum Gasteiger partial charge on any atom is -0.478 e. The van der Waals surface area contributed by atoms with Gasteiger partial charge in [0.15, 0.2) is 16.7 Å². The van der Waals surface area contributed by atoms with Crippen LogP contribution in [0.5, 0.6) is 0 Å². The molecule has 0 aromatic carbocycles. The minimum absolute atomic E-state index is 0.0566. The van der Waals surface area contributed by atoms with Crippen molar-refractivity contribution in [2.45, 2.75) is 44.6 Å². The average molecular weight is 533 g/mol. The van der Waals surface area contributed by atoms with Crippen molar-refractivity contribution in [2.24, 2.45) is 10.9 Å². The van der Waals surface area contributed by atoms with Gasteiger partial charge in [-0.1, -0.05) is 5.16 Å². The summed E-state index contributed by atoms with van der Waals surface area (Å²) in [5.41, 5.74) is 8.66. The van der Waals surface area contributed by atoms with Crippen LogP contribution < -0.4 is 16.8 Å². The van der Waals surface area contributed by atoms with Crippen LogP contribution in [0.3, 0.4) is 0 Å². The van der Waals surface area contributed by atoms with Crippen molar-refractivity contribution in [1.29, 1.82) is 0 Å². The SMILES string of the molecule is CC(C)(ON=C(C(=O)N[C@@H]1C(=O)N(S(=O)(=O)O)[C@@H]1Cn1nnnc1CN)c1csc(N)n1)C(=O)O. The maximum absolute atomic E-state index is 13.0. The number of β-lactam (4-membered cyclic amide) rings is 1. The van der Waals surface area contributed by atoms with Crippen molar-refractivity contribution >= 4 is 50.3 Å². The Kier molecular flexibility index (Phi) is 7.01. The normalized spacial score (nSPS) is 18.8.